The summed E-state index contributed by atoms with van der Waals surface area (Å²) in [7, 11) is 1.38. The molecule has 0 unspecified atom stereocenters. The zero-order valence-corrected chi connectivity index (χ0v) is 21.0. The lowest BCUT2D eigenvalue weighted by Gasteiger charge is -2.18. The number of rotatable bonds is 6. The van der Waals surface area contributed by atoms with Gasteiger partial charge >= 0.3 is 11.9 Å². The highest BCUT2D eigenvalue weighted by atomic mass is 16.6. The van der Waals surface area contributed by atoms with Crippen LogP contribution in [0.2, 0.25) is 0 Å². The average Bonchev–Trinajstić information content (AvgIpc) is 2.85. The average molecular weight is 513 g/mol. The van der Waals surface area contributed by atoms with Crippen LogP contribution in [-0.2, 0) is 30.3 Å². The molecular formula is C27H32N2O8. The fourth-order valence-corrected chi connectivity index (χ4v) is 3.30. The Balaban J connectivity index is 2.25. The Morgan fingerprint density at radius 2 is 2.05 bits per heavy atom. The van der Waals surface area contributed by atoms with E-state index in [9.17, 15) is 24.6 Å². The van der Waals surface area contributed by atoms with Crippen LogP contribution < -0.4 is 5.32 Å². The number of phenols is 1. The van der Waals surface area contributed by atoms with Gasteiger partial charge in [0.05, 0.1) is 18.7 Å². The van der Waals surface area contributed by atoms with Crippen molar-refractivity contribution >= 4 is 24.1 Å². The molecule has 10 nitrogen and oxygen atoms in total. The van der Waals surface area contributed by atoms with Gasteiger partial charge in [-0.15, -0.1) is 0 Å². The number of oxime groups is 1. The molecule has 0 aliphatic carbocycles. The molecule has 1 aliphatic heterocycles. The van der Waals surface area contributed by atoms with Crippen LogP contribution in [0.15, 0.2) is 71.6 Å². The Hall–Kier alpha value is -4.18. The van der Waals surface area contributed by atoms with Gasteiger partial charge in [-0.2, -0.15) is 0 Å². The molecule has 1 heterocycles. The molecule has 0 saturated carbocycles. The van der Waals surface area contributed by atoms with E-state index in [2.05, 4.69) is 15.3 Å². The summed E-state index contributed by atoms with van der Waals surface area (Å²) in [6, 6.07) is 4.65. The van der Waals surface area contributed by atoms with Crippen LogP contribution in [0.3, 0.4) is 0 Å². The summed E-state index contributed by atoms with van der Waals surface area (Å²) in [4.78, 5) is 41.9. The van der Waals surface area contributed by atoms with Gasteiger partial charge < -0.3 is 29.8 Å². The number of aliphatic hydroxyl groups excluding tert-OH is 1. The zero-order chi connectivity index (χ0) is 27.2. The first-order valence-electron chi connectivity index (χ1n) is 11.6. The van der Waals surface area contributed by atoms with Crippen LogP contribution in [0.5, 0.6) is 5.75 Å². The van der Waals surface area contributed by atoms with Gasteiger partial charge in [0.25, 0.3) is 0 Å². The minimum Gasteiger partial charge on any atom is -0.507 e. The van der Waals surface area contributed by atoms with Crippen LogP contribution in [0.25, 0.3) is 0 Å². The maximum absolute atomic E-state index is 13.1. The van der Waals surface area contributed by atoms with Crippen molar-refractivity contribution in [1.29, 1.82) is 0 Å². The van der Waals surface area contributed by atoms with Crippen molar-refractivity contribution in [2.24, 2.45) is 5.16 Å². The van der Waals surface area contributed by atoms with Gasteiger partial charge in [-0.05, 0) is 49.6 Å². The van der Waals surface area contributed by atoms with Gasteiger partial charge in [0.15, 0.2) is 0 Å². The van der Waals surface area contributed by atoms with E-state index in [0.29, 0.717) is 11.1 Å². The summed E-state index contributed by atoms with van der Waals surface area (Å²) < 4.78 is 10.9. The number of aliphatic hydroxyl groups is 1. The SMILES string of the molecule is CO/N=C/C=C\C(=O)N/C=C/C[C@@H]1CC(=O)O[C@H](C)/C=C\[C@@H](O)/C(C)=C\Cc2cccc(O)c2C(=O)O1. The number of allylic oxidation sites excluding steroid dienone is 2. The van der Waals surface area contributed by atoms with Crippen LogP contribution >= 0.6 is 0 Å². The Kier molecular flexibility index (Phi) is 11.8. The molecule has 198 valence electrons. The number of benzene rings is 1. The molecule has 1 aromatic carbocycles. The van der Waals surface area contributed by atoms with Crippen molar-refractivity contribution in [2.75, 3.05) is 7.11 Å². The Morgan fingerprint density at radius 3 is 2.81 bits per heavy atom. The van der Waals surface area contributed by atoms with E-state index in [0.717, 1.165) is 0 Å². The number of carbonyl (C=O) groups is 3. The Bertz CT molecular complexity index is 1100. The highest BCUT2D eigenvalue weighted by Gasteiger charge is 2.24. The number of hydrogen-bond acceptors (Lipinski definition) is 9. The van der Waals surface area contributed by atoms with E-state index in [1.54, 1.807) is 38.1 Å². The number of aromatic hydroxyl groups is 1. The third-order valence-corrected chi connectivity index (χ3v) is 5.24. The smallest absolute Gasteiger partial charge is 0.342 e. The minimum atomic E-state index is -0.936. The predicted octanol–water partition coefficient (Wildman–Crippen LogP) is 2.87. The molecule has 3 N–H and O–H groups in total. The van der Waals surface area contributed by atoms with E-state index >= 15 is 0 Å². The van der Waals surface area contributed by atoms with Crippen LogP contribution in [0, 0.1) is 0 Å². The predicted molar refractivity (Wildman–Crippen MR) is 137 cm³/mol. The molecule has 0 aromatic heterocycles. The van der Waals surface area contributed by atoms with Crippen molar-refractivity contribution in [1.82, 2.24) is 5.32 Å². The highest BCUT2D eigenvalue weighted by Crippen LogP contribution is 2.25. The zero-order valence-electron chi connectivity index (χ0n) is 21.0. The lowest BCUT2D eigenvalue weighted by molar-refractivity contribution is -0.148. The largest absolute Gasteiger partial charge is 0.507 e. The fourth-order valence-electron chi connectivity index (χ4n) is 3.30. The first kappa shape index (κ1) is 29.1. The monoisotopic (exact) mass is 512 g/mol. The van der Waals surface area contributed by atoms with E-state index < -0.39 is 36.2 Å². The van der Waals surface area contributed by atoms with Crippen molar-refractivity contribution in [3.63, 3.8) is 0 Å². The molecule has 3 atom stereocenters. The molecule has 10 heteroatoms. The Morgan fingerprint density at radius 1 is 1.27 bits per heavy atom. The summed E-state index contributed by atoms with van der Waals surface area (Å²) in [5.41, 5.74) is 1.09. The maximum Gasteiger partial charge on any atom is 0.342 e. The highest BCUT2D eigenvalue weighted by molar-refractivity contribution is 5.94. The third-order valence-electron chi connectivity index (χ3n) is 5.24. The van der Waals surface area contributed by atoms with Crippen LogP contribution in [0.1, 0.15) is 42.6 Å². The van der Waals surface area contributed by atoms with E-state index in [1.807, 2.05) is 0 Å². The number of hydrogen-bond donors (Lipinski definition) is 3. The molecule has 2 rings (SSSR count). The summed E-state index contributed by atoms with van der Waals surface area (Å²) >= 11 is 0. The molecule has 1 aromatic rings. The number of nitrogens with zero attached hydrogens (tertiary/aromatic N) is 1. The first-order chi connectivity index (χ1) is 17.7. The summed E-state index contributed by atoms with van der Waals surface area (Å²) in [5, 5.41) is 26.7. The number of nitrogens with one attached hydrogen (secondary N) is 1. The van der Waals surface area contributed by atoms with Crippen molar-refractivity contribution in [2.45, 2.75) is 51.4 Å². The van der Waals surface area contributed by atoms with Gasteiger partial charge in [0.1, 0.15) is 30.6 Å². The number of phenolic OH excluding ortho intramolecular Hbond substituents is 1. The van der Waals surface area contributed by atoms with Crippen LogP contribution in [0.4, 0.5) is 0 Å². The second kappa shape index (κ2) is 15.0. The number of cyclic esters (lactones) is 2. The first-order valence-corrected chi connectivity index (χ1v) is 11.6. The summed E-state index contributed by atoms with van der Waals surface area (Å²) in [5.74, 6) is -2.12. The molecule has 0 radical (unpaired) electrons. The second-order valence-electron chi connectivity index (χ2n) is 8.16. The lowest BCUT2D eigenvalue weighted by atomic mass is 10.0. The van der Waals surface area contributed by atoms with E-state index in [4.69, 9.17) is 9.47 Å². The molecule has 0 fully saturated rings. The topological polar surface area (TPSA) is 144 Å². The molecule has 0 bridgehead atoms. The van der Waals surface area contributed by atoms with Crippen LogP contribution in [-0.4, -0.2) is 59.7 Å². The minimum absolute atomic E-state index is 0.0293. The van der Waals surface area contributed by atoms with Gasteiger partial charge in [-0.1, -0.05) is 35.5 Å². The maximum atomic E-state index is 13.1. The normalized spacial score (nSPS) is 23.9. The molecule has 37 heavy (non-hydrogen) atoms. The molecule has 0 saturated heterocycles. The molecule has 1 amide bonds. The molecule has 1 aliphatic rings. The van der Waals surface area contributed by atoms with Crippen molar-refractivity contribution in [3.05, 3.63) is 77.6 Å². The summed E-state index contributed by atoms with van der Waals surface area (Å²) in [6.45, 7) is 3.38. The number of ether oxygens (including phenoxy) is 2. The van der Waals surface area contributed by atoms with Gasteiger partial charge in [0.2, 0.25) is 5.91 Å². The number of carbonyl (C=O) groups excluding carboxylic acids is 3. The van der Waals surface area contributed by atoms with Gasteiger partial charge in [0, 0.05) is 18.7 Å². The van der Waals surface area contributed by atoms with E-state index in [1.165, 1.54) is 49.9 Å². The molecule has 0 spiro atoms. The van der Waals surface area contributed by atoms with E-state index in [-0.39, 0.29) is 30.6 Å². The standard InChI is InChI=1S/C27H32N2O8/c1-18-11-13-20-7-4-9-23(31)26(20)27(34)37-21(17-25(33)36-19(2)12-14-22(18)30)8-5-15-28-24(32)10-6-16-29-35-3/h4-7,9-12,14-16,19,21-22,30-31H,8,13,17H2,1-3H3,(H,28,32)/b10-6-,14-12-,15-5+,18-11-,29-16+/t19-,21-,22-/m1/s1. The lowest BCUT2D eigenvalue weighted by Crippen LogP contribution is -2.25. The van der Waals surface area contributed by atoms with Gasteiger partial charge in [-0.25, -0.2) is 4.79 Å². The third kappa shape index (κ3) is 10.1. The van der Waals surface area contributed by atoms with Crippen molar-refractivity contribution in [3.8, 4) is 5.75 Å². The fraction of sp³-hybridized carbons (Fsp3) is 0.333. The summed E-state index contributed by atoms with van der Waals surface area (Å²) in [6.07, 6.45) is 9.26. The van der Waals surface area contributed by atoms with Gasteiger partial charge in [-0.3, -0.25) is 9.59 Å². The second-order valence-corrected chi connectivity index (χ2v) is 8.16. The quantitative estimate of drug-likeness (QED) is 0.174. The number of fused-ring (bicyclic) bond motifs is 1. The number of amides is 1. The molecular weight excluding hydrogens is 480 g/mol. The number of esters is 2. The van der Waals surface area contributed by atoms with Crippen molar-refractivity contribution < 1.29 is 38.9 Å². The Labute approximate surface area is 215 Å².